The van der Waals surface area contributed by atoms with E-state index >= 15 is 0 Å². The predicted octanol–water partition coefficient (Wildman–Crippen LogP) is 2.21. The van der Waals surface area contributed by atoms with Crippen molar-refractivity contribution in [2.75, 3.05) is 13.2 Å². The highest BCUT2D eigenvalue weighted by atomic mass is 16.5. The van der Waals surface area contributed by atoms with Gasteiger partial charge >= 0.3 is 0 Å². The van der Waals surface area contributed by atoms with Crippen molar-refractivity contribution in [3.05, 3.63) is 48.6 Å². The molecule has 2 rings (SSSR count). The number of aliphatic hydroxyl groups is 1. The average Bonchev–Trinajstić information content (AvgIpc) is 2.94. The molecule has 1 aromatic carbocycles. The SMILES string of the molecule is C=CCN1[C@@H]([C@@H](CO)OCc2ccccc2)C1(C)C. The molecule has 3 nitrogen and oxygen atoms in total. The van der Waals surface area contributed by atoms with Crippen LogP contribution in [-0.4, -0.2) is 40.8 Å². The molecular weight excluding hydrogens is 238 g/mol. The Kier molecular flexibility index (Phi) is 4.40. The van der Waals surface area contributed by atoms with E-state index < -0.39 is 0 Å². The van der Waals surface area contributed by atoms with Gasteiger partial charge in [0.25, 0.3) is 0 Å². The fourth-order valence-electron chi connectivity index (χ4n) is 2.76. The lowest BCUT2D eigenvalue weighted by molar-refractivity contribution is -0.00553. The minimum Gasteiger partial charge on any atom is -0.394 e. The van der Waals surface area contributed by atoms with Crippen LogP contribution in [0, 0.1) is 0 Å². The first-order valence-corrected chi connectivity index (χ1v) is 6.75. The second-order valence-electron chi connectivity index (χ2n) is 5.56. The molecular formula is C16H23NO2. The van der Waals surface area contributed by atoms with Crippen LogP contribution < -0.4 is 0 Å². The van der Waals surface area contributed by atoms with Crippen LogP contribution in [0.3, 0.4) is 0 Å². The molecule has 1 fully saturated rings. The van der Waals surface area contributed by atoms with E-state index in [1.54, 1.807) is 0 Å². The third-order valence-electron chi connectivity index (χ3n) is 3.90. The first kappa shape index (κ1) is 14.3. The highest BCUT2D eigenvalue weighted by Gasteiger charge is 2.58. The van der Waals surface area contributed by atoms with Crippen LogP contribution in [0.5, 0.6) is 0 Å². The molecule has 0 radical (unpaired) electrons. The topological polar surface area (TPSA) is 32.5 Å². The Morgan fingerprint density at radius 3 is 2.68 bits per heavy atom. The number of ether oxygens (including phenoxy) is 1. The lowest BCUT2D eigenvalue weighted by Gasteiger charge is -2.16. The minimum atomic E-state index is -0.143. The molecule has 1 aliphatic rings. The summed E-state index contributed by atoms with van der Waals surface area (Å²) in [6.45, 7) is 9.56. The van der Waals surface area contributed by atoms with Gasteiger partial charge in [0, 0.05) is 12.1 Å². The van der Waals surface area contributed by atoms with Crippen LogP contribution in [-0.2, 0) is 11.3 Å². The largest absolute Gasteiger partial charge is 0.394 e. The van der Waals surface area contributed by atoms with Crippen LogP contribution in [0.2, 0.25) is 0 Å². The van der Waals surface area contributed by atoms with Crippen molar-refractivity contribution in [1.82, 2.24) is 4.90 Å². The lowest BCUT2D eigenvalue weighted by Crippen LogP contribution is -2.28. The van der Waals surface area contributed by atoms with Gasteiger partial charge < -0.3 is 9.84 Å². The van der Waals surface area contributed by atoms with E-state index in [2.05, 4.69) is 25.3 Å². The summed E-state index contributed by atoms with van der Waals surface area (Å²) in [5.41, 5.74) is 1.22. The van der Waals surface area contributed by atoms with Gasteiger partial charge in [-0.25, -0.2) is 0 Å². The van der Waals surface area contributed by atoms with Crippen LogP contribution in [0.15, 0.2) is 43.0 Å². The van der Waals surface area contributed by atoms with Crippen LogP contribution in [0.25, 0.3) is 0 Å². The molecule has 0 saturated carbocycles. The monoisotopic (exact) mass is 261 g/mol. The van der Waals surface area contributed by atoms with E-state index in [-0.39, 0.29) is 24.3 Å². The molecule has 1 N–H and O–H groups in total. The minimum absolute atomic E-state index is 0.0502. The van der Waals surface area contributed by atoms with Gasteiger partial charge in [-0.3, -0.25) is 4.90 Å². The second kappa shape index (κ2) is 5.87. The normalized spacial score (nSPS) is 25.8. The molecule has 0 bridgehead atoms. The van der Waals surface area contributed by atoms with Crippen LogP contribution in [0.4, 0.5) is 0 Å². The molecule has 1 saturated heterocycles. The molecule has 0 spiro atoms. The van der Waals surface area contributed by atoms with E-state index in [9.17, 15) is 5.11 Å². The molecule has 3 heteroatoms. The summed E-state index contributed by atoms with van der Waals surface area (Å²) in [4.78, 5) is 2.30. The van der Waals surface area contributed by atoms with E-state index in [0.29, 0.717) is 6.61 Å². The van der Waals surface area contributed by atoms with E-state index in [4.69, 9.17) is 4.74 Å². The Labute approximate surface area is 115 Å². The maximum absolute atomic E-state index is 9.56. The van der Waals surface area contributed by atoms with Crippen molar-refractivity contribution in [2.24, 2.45) is 0 Å². The molecule has 0 aliphatic carbocycles. The number of aliphatic hydroxyl groups excluding tert-OH is 1. The van der Waals surface area contributed by atoms with Crippen molar-refractivity contribution < 1.29 is 9.84 Å². The van der Waals surface area contributed by atoms with Gasteiger partial charge in [0.15, 0.2) is 0 Å². The highest BCUT2D eigenvalue weighted by molar-refractivity contribution is 5.17. The maximum Gasteiger partial charge on any atom is 0.0983 e. The highest BCUT2D eigenvalue weighted by Crippen LogP contribution is 2.43. The zero-order valence-corrected chi connectivity index (χ0v) is 11.7. The standard InChI is InChI=1S/C16H23NO2/c1-4-10-17-15(16(17,2)3)14(11-18)19-12-13-8-6-5-7-9-13/h4-9,14-15,18H,1,10-12H2,2-3H3/t14-,15+,17?/m1/s1. The zero-order chi connectivity index (χ0) is 13.9. The summed E-state index contributed by atoms with van der Waals surface area (Å²) >= 11 is 0. The van der Waals surface area contributed by atoms with Gasteiger partial charge in [-0.2, -0.15) is 0 Å². The summed E-state index contributed by atoms with van der Waals surface area (Å²) in [6.07, 6.45) is 1.75. The van der Waals surface area contributed by atoms with E-state index in [1.165, 1.54) is 0 Å². The number of hydrogen-bond acceptors (Lipinski definition) is 3. The number of nitrogens with zero attached hydrogens (tertiary/aromatic N) is 1. The van der Waals surface area contributed by atoms with E-state index in [0.717, 1.165) is 12.1 Å². The Balaban J connectivity index is 1.93. The summed E-state index contributed by atoms with van der Waals surface area (Å²) in [5, 5.41) is 9.56. The van der Waals surface area contributed by atoms with Crippen molar-refractivity contribution in [3.8, 4) is 0 Å². The Morgan fingerprint density at radius 2 is 2.11 bits per heavy atom. The molecule has 1 heterocycles. The summed E-state index contributed by atoms with van der Waals surface area (Å²) in [6, 6.07) is 10.3. The fraction of sp³-hybridized carbons (Fsp3) is 0.500. The Hall–Kier alpha value is -1.16. The molecule has 0 amide bonds. The molecule has 3 atom stereocenters. The molecule has 104 valence electrons. The third kappa shape index (κ3) is 3.06. The van der Waals surface area contributed by atoms with Gasteiger partial charge in [0.1, 0.15) is 0 Å². The predicted molar refractivity (Wildman–Crippen MR) is 76.9 cm³/mol. The van der Waals surface area contributed by atoms with E-state index in [1.807, 2.05) is 36.4 Å². The average molecular weight is 261 g/mol. The molecule has 1 unspecified atom stereocenters. The molecule has 1 aromatic rings. The Morgan fingerprint density at radius 1 is 1.42 bits per heavy atom. The molecule has 0 aromatic heterocycles. The second-order valence-corrected chi connectivity index (χ2v) is 5.56. The van der Waals surface area contributed by atoms with Crippen molar-refractivity contribution >= 4 is 0 Å². The first-order chi connectivity index (χ1) is 9.11. The van der Waals surface area contributed by atoms with Gasteiger partial charge in [-0.05, 0) is 19.4 Å². The number of benzene rings is 1. The molecule has 1 aliphatic heterocycles. The van der Waals surface area contributed by atoms with Gasteiger partial charge in [-0.15, -0.1) is 6.58 Å². The van der Waals surface area contributed by atoms with Crippen LogP contribution in [0.1, 0.15) is 19.4 Å². The Bertz CT molecular complexity index is 416. The maximum atomic E-state index is 9.56. The fourth-order valence-corrected chi connectivity index (χ4v) is 2.76. The smallest absolute Gasteiger partial charge is 0.0983 e. The van der Waals surface area contributed by atoms with Crippen molar-refractivity contribution in [3.63, 3.8) is 0 Å². The number of rotatable bonds is 7. The lowest BCUT2D eigenvalue weighted by atomic mass is 10.1. The molecule has 19 heavy (non-hydrogen) atoms. The zero-order valence-electron chi connectivity index (χ0n) is 11.7. The summed E-state index contributed by atoms with van der Waals surface area (Å²) in [5.74, 6) is 0. The summed E-state index contributed by atoms with van der Waals surface area (Å²) in [7, 11) is 0. The van der Waals surface area contributed by atoms with Crippen molar-refractivity contribution in [2.45, 2.75) is 38.1 Å². The van der Waals surface area contributed by atoms with Gasteiger partial charge in [0.05, 0.1) is 25.4 Å². The van der Waals surface area contributed by atoms with Crippen LogP contribution >= 0.6 is 0 Å². The quantitative estimate of drug-likeness (QED) is 0.603. The summed E-state index contributed by atoms with van der Waals surface area (Å²) < 4.78 is 5.89. The van der Waals surface area contributed by atoms with Gasteiger partial charge in [0.2, 0.25) is 0 Å². The number of hydrogen-bond donors (Lipinski definition) is 1. The third-order valence-corrected chi connectivity index (χ3v) is 3.90. The van der Waals surface area contributed by atoms with Crippen molar-refractivity contribution in [1.29, 1.82) is 0 Å². The first-order valence-electron chi connectivity index (χ1n) is 6.75. The van der Waals surface area contributed by atoms with Gasteiger partial charge in [-0.1, -0.05) is 36.4 Å².